The molecule has 4 aromatic rings. The summed E-state index contributed by atoms with van der Waals surface area (Å²) >= 11 is 1.41. The molecule has 8 heteroatoms. The van der Waals surface area contributed by atoms with Crippen molar-refractivity contribution in [2.45, 2.75) is 16.3 Å². The molecule has 0 spiro atoms. The van der Waals surface area contributed by atoms with Crippen molar-refractivity contribution in [1.29, 1.82) is 0 Å². The van der Waals surface area contributed by atoms with Crippen LogP contribution in [0, 0.1) is 10.1 Å². The molecule has 0 saturated carbocycles. The second kappa shape index (κ2) is 9.63. The lowest BCUT2D eigenvalue weighted by Gasteiger charge is -2.08. The number of anilines is 1. The van der Waals surface area contributed by atoms with Crippen LogP contribution in [0.4, 0.5) is 11.4 Å². The zero-order valence-electron chi connectivity index (χ0n) is 17.0. The Morgan fingerprint density at radius 1 is 1.13 bits per heavy atom. The molecule has 0 fully saturated rings. The second-order valence-corrected chi connectivity index (χ2v) is 8.00. The molecule has 2 aromatic carbocycles. The summed E-state index contributed by atoms with van der Waals surface area (Å²) in [5.41, 5.74) is 3.08. The maximum Gasteiger partial charge on any atom is 0.283 e. The zero-order valence-corrected chi connectivity index (χ0v) is 17.8. The second-order valence-electron chi connectivity index (χ2n) is 6.92. The number of nitrogens with zero attached hydrogens (tertiary/aromatic N) is 3. The first kappa shape index (κ1) is 20.9. The van der Waals surface area contributed by atoms with Crippen LogP contribution in [0.3, 0.4) is 0 Å². The monoisotopic (exact) mass is 434 g/mol. The summed E-state index contributed by atoms with van der Waals surface area (Å²) in [5, 5.41) is 15.9. The summed E-state index contributed by atoms with van der Waals surface area (Å²) in [6.45, 7) is 1.93. The van der Waals surface area contributed by atoms with Gasteiger partial charge in [-0.1, -0.05) is 30.0 Å². The van der Waals surface area contributed by atoms with Crippen LogP contribution in [0.2, 0.25) is 0 Å². The van der Waals surface area contributed by atoms with Gasteiger partial charge in [0.25, 0.3) is 5.69 Å². The molecule has 158 valence electrons. The standard InChI is InChI=1S/C23H22N4O3S/c1-30-13-12-25-17-9-10-19-21(14-17)26(15-18-6-4-5-11-24-18)16-23(19)31-22-8-3-2-7-20(22)27(28)29/h2-11,14,16,25H,12-13,15H2,1H3. The normalized spacial score (nSPS) is 11.0. The van der Waals surface area contributed by atoms with Crippen molar-refractivity contribution in [2.24, 2.45) is 0 Å². The Hall–Kier alpha value is -3.36. The first-order valence-corrected chi connectivity index (χ1v) is 10.6. The van der Waals surface area contributed by atoms with Crippen LogP contribution in [0.25, 0.3) is 10.9 Å². The lowest BCUT2D eigenvalue weighted by atomic mass is 10.2. The third-order valence-corrected chi connectivity index (χ3v) is 5.93. The highest BCUT2D eigenvalue weighted by atomic mass is 32.2. The number of rotatable bonds is 9. The Balaban J connectivity index is 1.74. The first-order chi connectivity index (χ1) is 15.2. The van der Waals surface area contributed by atoms with Crippen LogP contribution >= 0.6 is 11.8 Å². The molecule has 0 saturated heterocycles. The van der Waals surface area contributed by atoms with E-state index in [1.165, 1.54) is 17.8 Å². The molecule has 31 heavy (non-hydrogen) atoms. The molecule has 0 aliphatic carbocycles. The molecule has 4 rings (SSSR count). The molecular formula is C23H22N4O3S. The summed E-state index contributed by atoms with van der Waals surface area (Å²) in [5.74, 6) is 0. The van der Waals surface area contributed by atoms with Gasteiger partial charge in [-0.3, -0.25) is 15.1 Å². The minimum absolute atomic E-state index is 0.107. The van der Waals surface area contributed by atoms with E-state index in [1.807, 2.05) is 36.5 Å². The minimum Gasteiger partial charge on any atom is -0.383 e. The van der Waals surface area contributed by atoms with E-state index in [9.17, 15) is 10.1 Å². The van der Waals surface area contributed by atoms with Crippen molar-refractivity contribution in [1.82, 2.24) is 9.55 Å². The SMILES string of the molecule is COCCNc1ccc2c(Sc3ccccc3[N+](=O)[O-])cn(Cc3ccccn3)c2c1. The van der Waals surface area contributed by atoms with Crippen LogP contribution in [-0.4, -0.2) is 34.7 Å². The summed E-state index contributed by atoms with van der Waals surface area (Å²) in [6.07, 6.45) is 3.82. The van der Waals surface area contributed by atoms with Gasteiger partial charge in [-0.15, -0.1) is 0 Å². The molecular weight excluding hydrogens is 412 g/mol. The van der Waals surface area contributed by atoms with Crippen molar-refractivity contribution >= 4 is 34.0 Å². The summed E-state index contributed by atoms with van der Waals surface area (Å²) in [4.78, 5) is 17.1. The van der Waals surface area contributed by atoms with Gasteiger partial charge in [-0.05, 0) is 36.4 Å². The molecule has 7 nitrogen and oxygen atoms in total. The summed E-state index contributed by atoms with van der Waals surface area (Å²) < 4.78 is 7.26. The van der Waals surface area contributed by atoms with Gasteiger partial charge in [-0.25, -0.2) is 0 Å². The van der Waals surface area contributed by atoms with Crippen LogP contribution in [-0.2, 0) is 11.3 Å². The Morgan fingerprint density at radius 2 is 1.97 bits per heavy atom. The molecule has 0 radical (unpaired) electrons. The number of ether oxygens (including phenoxy) is 1. The molecule has 1 N–H and O–H groups in total. The van der Waals surface area contributed by atoms with Gasteiger partial charge in [0, 0.05) is 48.1 Å². The highest BCUT2D eigenvalue weighted by Gasteiger charge is 2.17. The average Bonchev–Trinajstić information content (AvgIpc) is 3.11. The number of hydrogen-bond acceptors (Lipinski definition) is 6. The molecule has 2 heterocycles. The quantitative estimate of drug-likeness (QED) is 0.221. The number of pyridine rings is 1. The van der Waals surface area contributed by atoms with E-state index in [2.05, 4.69) is 27.0 Å². The van der Waals surface area contributed by atoms with Gasteiger partial charge >= 0.3 is 0 Å². The lowest BCUT2D eigenvalue weighted by Crippen LogP contribution is -2.07. The van der Waals surface area contributed by atoms with E-state index in [0.29, 0.717) is 24.6 Å². The smallest absolute Gasteiger partial charge is 0.283 e. The predicted molar refractivity (Wildman–Crippen MR) is 123 cm³/mol. The van der Waals surface area contributed by atoms with Gasteiger partial charge in [0.1, 0.15) is 0 Å². The fourth-order valence-electron chi connectivity index (χ4n) is 3.36. The van der Waals surface area contributed by atoms with E-state index in [4.69, 9.17) is 4.74 Å². The Morgan fingerprint density at radius 3 is 2.74 bits per heavy atom. The van der Waals surface area contributed by atoms with Gasteiger partial charge in [0.15, 0.2) is 0 Å². The number of benzene rings is 2. The Bertz CT molecular complexity index is 1190. The topological polar surface area (TPSA) is 82.2 Å². The molecule has 0 amide bonds. The minimum atomic E-state index is -0.340. The number of para-hydroxylation sites is 1. The molecule has 0 unspecified atom stereocenters. The van der Waals surface area contributed by atoms with E-state index in [0.717, 1.165) is 27.2 Å². The average molecular weight is 435 g/mol. The number of methoxy groups -OCH3 is 1. The Labute approximate surface area is 184 Å². The fraction of sp³-hybridized carbons (Fsp3) is 0.174. The van der Waals surface area contributed by atoms with Crippen LogP contribution in [0.15, 0.2) is 82.8 Å². The van der Waals surface area contributed by atoms with Crippen molar-refractivity contribution in [3.63, 3.8) is 0 Å². The van der Waals surface area contributed by atoms with E-state index in [-0.39, 0.29) is 10.6 Å². The number of fused-ring (bicyclic) bond motifs is 1. The van der Waals surface area contributed by atoms with Crippen LogP contribution in [0.5, 0.6) is 0 Å². The predicted octanol–water partition coefficient (Wildman–Crippen LogP) is 5.20. The molecule has 0 atom stereocenters. The van der Waals surface area contributed by atoms with Crippen molar-refractivity contribution < 1.29 is 9.66 Å². The fourth-order valence-corrected chi connectivity index (χ4v) is 4.45. The van der Waals surface area contributed by atoms with Gasteiger partial charge in [-0.2, -0.15) is 0 Å². The van der Waals surface area contributed by atoms with E-state index < -0.39 is 0 Å². The highest BCUT2D eigenvalue weighted by Crippen LogP contribution is 2.39. The van der Waals surface area contributed by atoms with Gasteiger partial charge in [0.05, 0.1) is 34.2 Å². The number of nitrogens with one attached hydrogen (secondary N) is 1. The zero-order chi connectivity index (χ0) is 21.6. The van der Waals surface area contributed by atoms with Crippen LogP contribution in [0.1, 0.15) is 5.69 Å². The Kier molecular flexibility index (Phi) is 6.49. The first-order valence-electron chi connectivity index (χ1n) is 9.82. The third kappa shape index (κ3) is 4.87. The number of hydrogen-bond donors (Lipinski definition) is 1. The number of nitro benzene ring substituents is 1. The third-order valence-electron chi connectivity index (χ3n) is 4.82. The highest BCUT2D eigenvalue weighted by molar-refractivity contribution is 7.99. The van der Waals surface area contributed by atoms with Gasteiger partial charge in [0.2, 0.25) is 0 Å². The summed E-state index contributed by atoms with van der Waals surface area (Å²) in [7, 11) is 1.68. The maximum atomic E-state index is 11.5. The molecule has 0 bridgehead atoms. The van der Waals surface area contributed by atoms with E-state index in [1.54, 1.807) is 25.4 Å². The van der Waals surface area contributed by atoms with Crippen molar-refractivity contribution in [3.05, 3.63) is 88.9 Å². The van der Waals surface area contributed by atoms with Gasteiger partial charge < -0.3 is 14.6 Å². The molecule has 0 aliphatic rings. The van der Waals surface area contributed by atoms with Crippen LogP contribution < -0.4 is 5.32 Å². The molecule has 2 aromatic heterocycles. The lowest BCUT2D eigenvalue weighted by molar-refractivity contribution is -0.387. The summed E-state index contributed by atoms with van der Waals surface area (Å²) in [6, 6.07) is 18.8. The molecule has 0 aliphatic heterocycles. The maximum absolute atomic E-state index is 11.5. The number of nitro groups is 1. The number of aromatic nitrogens is 2. The van der Waals surface area contributed by atoms with E-state index >= 15 is 0 Å². The van der Waals surface area contributed by atoms with Crippen molar-refractivity contribution in [2.75, 3.05) is 25.6 Å². The van der Waals surface area contributed by atoms with Crippen molar-refractivity contribution in [3.8, 4) is 0 Å². The largest absolute Gasteiger partial charge is 0.383 e.